The van der Waals surface area contributed by atoms with Gasteiger partial charge in [0.25, 0.3) is 0 Å². The van der Waals surface area contributed by atoms with Crippen LogP contribution in [0, 0.1) is 11.8 Å². The Kier molecular flexibility index (Phi) is 8.35. The molecule has 0 unspecified atom stereocenters. The van der Waals surface area contributed by atoms with Crippen LogP contribution in [0.2, 0.25) is 0 Å². The molecule has 0 aliphatic heterocycles. The Balaban J connectivity index is 2.12. The van der Waals surface area contributed by atoms with E-state index in [4.69, 9.17) is 4.74 Å². The normalized spacial score (nSPS) is 23.0. The fourth-order valence-corrected chi connectivity index (χ4v) is 3.99. The maximum Gasteiger partial charge on any atom is 0.416 e. The van der Waals surface area contributed by atoms with Gasteiger partial charge < -0.3 is 10.1 Å². The van der Waals surface area contributed by atoms with Crippen molar-refractivity contribution in [3.63, 3.8) is 0 Å². The molecule has 1 aromatic carbocycles. The van der Waals surface area contributed by atoms with E-state index in [2.05, 4.69) is 19.2 Å². The van der Waals surface area contributed by atoms with E-state index in [-0.39, 0.29) is 23.8 Å². The van der Waals surface area contributed by atoms with Crippen molar-refractivity contribution in [2.75, 3.05) is 13.2 Å². The molecule has 6 heteroatoms. The summed E-state index contributed by atoms with van der Waals surface area (Å²) in [5.41, 5.74) is 0.281. The third-order valence-corrected chi connectivity index (χ3v) is 5.51. The molecule has 0 radical (unpaired) electrons. The van der Waals surface area contributed by atoms with Crippen LogP contribution in [0.15, 0.2) is 24.3 Å². The molecule has 0 saturated heterocycles. The summed E-state index contributed by atoms with van der Waals surface area (Å²) >= 11 is 0. The summed E-state index contributed by atoms with van der Waals surface area (Å²) in [6.45, 7) is 7.39. The summed E-state index contributed by atoms with van der Waals surface area (Å²) in [7, 11) is 0. The molecule has 1 N–H and O–H groups in total. The van der Waals surface area contributed by atoms with Crippen molar-refractivity contribution in [3.05, 3.63) is 35.4 Å². The Hall–Kier alpha value is -1.56. The predicted octanol–water partition coefficient (Wildman–Crippen LogP) is 5.55. The van der Waals surface area contributed by atoms with Crippen LogP contribution in [0.25, 0.3) is 0 Å². The van der Waals surface area contributed by atoms with E-state index in [0.29, 0.717) is 18.9 Å². The molecule has 3 nitrogen and oxygen atoms in total. The Morgan fingerprint density at radius 2 is 1.89 bits per heavy atom. The summed E-state index contributed by atoms with van der Waals surface area (Å²) in [5, 5.41) is 3.61. The minimum absolute atomic E-state index is 0.0997. The number of alkyl halides is 3. The van der Waals surface area contributed by atoms with Crippen molar-refractivity contribution in [2.45, 2.75) is 71.0 Å². The van der Waals surface area contributed by atoms with Gasteiger partial charge >= 0.3 is 12.1 Å². The number of benzene rings is 1. The first kappa shape index (κ1) is 22.7. The Morgan fingerprint density at radius 1 is 1.21 bits per heavy atom. The fourth-order valence-electron chi connectivity index (χ4n) is 3.99. The van der Waals surface area contributed by atoms with Crippen molar-refractivity contribution in [1.82, 2.24) is 5.32 Å². The SMILES string of the molecule is CCOC(=O)C[C@@H]1CC[C@@H](NCCC(C)C)[C@@H](c2ccc(C(F)(F)F)cc2)C1. The number of hydrogen-bond acceptors (Lipinski definition) is 3. The summed E-state index contributed by atoms with van der Waals surface area (Å²) < 4.78 is 43.8. The van der Waals surface area contributed by atoms with Crippen LogP contribution in [-0.2, 0) is 15.7 Å². The number of rotatable bonds is 8. The van der Waals surface area contributed by atoms with E-state index >= 15 is 0 Å². The first-order valence-corrected chi connectivity index (χ1v) is 10.3. The quantitative estimate of drug-likeness (QED) is 0.583. The summed E-state index contributed by atoms with van der Waals surface area (Å²) in [4.78, 5) is 11.9. The van der Waals surface area contributed by atoms with E-state index < -0.39 is 11.7 Å². The molecule has 1 aromatic rings. The number of carbonyl (C=O) groups is 1. The Bertz CT molecular complexity index is 613. The molecular formula is C22H32F3NO2. The maximum absolute atomic E-state index is 12.9. The minimum Gasteiger partial charge on any atom is -0.466 e. The molecule has 1 aliphatic rings. The molecule has 0 aromatic heterocycles. The van der Waals surface area contributed by atoms with Gasteiger partial charge in [-0.05, 0) is 74.6 Å². The van der Waals surface area contributed by atoms with Crippen molar-refractivity contribution < 1.29 is 22.7 Å². The second-order valence-electron chi connectivity index (χ2n) is 8.16. The topological polar surface area (TPSA) is 38.3 Å². The molecule has 0 bridgehead atoms. The van der Waals surface area contributed by atoms with Gasteiger partial charge in [0.15, 0.2) is 0 Å². The molecule has 28 heavy (non-hydrogen) atoms. The molecule has 0 heterocycles. The zero-order chi connectivity index (χ0) is 20.7. The van der Waals surface area contributed by atoms with E-state index in [1.54, 1.807) is 19.1 Å². The maximum atomic E-state index is 12.9. The van der Waals surface area contributed by atoms with Gasteiger partial charge in [-0.15, -0.1) is 0 Å². The highest BCUT2D eigenvalue weighted by Gasteiger charge is 2.34. The lowest BCUT2D eigenvalue weighted by atomic mass is 9.73. The molecule has 2 rings (SSSR count). The lowest BCUT2D eigenvalue weighted by molar-refractivity contribution is -0.144. The Morgan fingerprint density at radius 3 is 2.46 bits per heavy atom. The highest BCUT2D eigenvalue weighted by atomic mass is 19.4. The smallest absolute Gasteiger partial charge is 0.416 e. The summed E-state index contributed by atoms with van der Waals surface area (Å²) in [6.07, 6.45) is -0.273. The van der Waals surface area contributed by atoms with Crippen LogP contribution in [0.3, 0.4) is 0 Å². The molecule has 0 spiro atoms. The van der Waals surface area contributed by atoms with Gasteiger partial charge in [0.1, 0.15) is 0 Å². The van der Waals surface area contributed by atoms with Crippen LogP contribution < -0.4 is 5.32 Å². The third kappa shape index (κ3) is 6.80. The van der Waals surface area contributed by atoms with Gasteiger partial charge in [-0.3, -0.25) is 4.79 Å². The lowest BCUT2D eigenvalue weighted by Crippen LogP contribution is -2.40. The minimum atomic E-state index is -4.33. The van der Waals surface area contributed by atoms with Crippen LogP contribution in [-0.4, -0.2) is 25.2 Å². The van der Waals surface area contributed by atoms with Crippen LogP contribution >= 0.6 is 0 Å². The number of nitrogens with one attached hydrogen (secondary N) is 1. The average Bonchev–Trinajstić information content (AvgIpc) is 2.62. The zero-order valence-electron chi connectivity index (χ0n) is 17.0. The second kappa shape index (κ2) is 10.3. The van der Waals surface area contributed by atoms with Gasteiger partial charge in [0.05, 0.1) is 12.2 Å². The number of halogens is 3. The second-order valence-corrected chi connectivity index (χ2v) is 8.16. The molecule has 3 atom stereocenters. The number of esters is 1. The highest BCUT2D eigenvalue weighted by Crippen LogP contribution is 2.39. The first-order valence-electron chi connectivity index (χ1n) is 10.3. The molecule has 158 valence electrons. The van der Waals surface area contributed by atoms with Gasteiger partial charge in [-0.25, -0.2) is 0 Å². The monoisotopic (exact) mass is 399 g/mol. The molecule has 0 amide bonds. The van der Waals surface area contributed by atoms with Crippen LogP contribution in [0.1, 0.15) is 69.9 Å². The van der Waals surface area contributed by atoms with E-state index in [0.717, 1.165) is 49.9 Å². The predicted molar refractivity (Wildman–Crippen MR) is 104 cm³/mol. The standard InChI is InChI=1S/C22H32F3NO2/c1-4-28-21(27)14-16-5-10-20(26-12-11-15(2)3)19(13-16)17-6-8-18(9-7-17)22(23,24)25/h6-9,15-16,19-20,26H,4-5,10-14H2,1-3H3/t16-,19-,20-/m1/s1. The number of ether oxygens (including phenoxy) is 1. The van der Waals surface area contributed by atoms with Crippen molar-refractivity contribution in [2.24, 2.45) is 11.8 Å². The van der Waals surface area contributed by atoms with Gasteiger partial charge in [0, 0.05) is 12.5 Å². The Labute approximate surface area is 166 Å². The van der Waals surface area contributed by atoms with Gasteiger partial charge in [-0.1, -0.05) is 26.0 Å². The summed E-state index contributed by atoms with van der Waals surface area (Å²) in [6, 6.07) is 5.73. The van der Waals surface area contributed by atoms with Crippen molar-refractivity contribution >= 4 is 5.97 Å². The molecule has 1 saturated carbocycles. The van der Waals surface area contributed by atoms with Gasteiger partial charge in [-0.2, -0.15) is 13.2 Å². The third-order valence-electron chi connectivity index (χ3n) is 5.51. The van der Waals surface area contributed by atoms with E-state index in [1.807, 2.05) is 0 Å². The molecule has 1 fully saturated rings. The highest BCUT2D eigenvalue weighted by molar-refractivity contribution is 5.69. The largest absolute Gasteiger partial charge is 0.466 e. The first-order chi connectivity index (χ1) is 13.2. The zero-order valence-corrected chi connectivity index (χ0v) is 17.0. The number of hydrogen-bond donors (Lipinski definition) is 1. The van der Waals surface area contributed by atoms with Crippen molar-refractivity contribution in [1.29, 1.82) is 0 Å². The average molecular weight is 399 g/mol. The van der Waals surface area contributed by atoms with Crippen molar-refractivity contribution in [3.8, 4) is 0 Å². The van der Waals surface area contributed by atoms with E-state index in [1.165, 1.54) is 0 Å². The fraction of sp³-hybridized carbons (Fsp3) is 0.682. The van der Waals surface area contributed by atoms with Crippen LogP contribution in [0.4, 0.5) is 13.2 Å². The molecular weight excluding hydrogens is 367 g/mol. The van der Waals surface area contributed by atoms with Gasteiger partial charge in [0.2, 0.25) is 0 Å². The summed E-state index contributed by atoms with van der Waals surface area (Å²) in [5.74, 6) is 0.708. The van der Waals surface area contributed by atoms with Crippen LogP contribution in [0.5, 0.6) is 0 Å². The lowest BCUT2D eigenvalue weighted by Gasteiger charge is -2.37. The molecule has 1 aliphatic carbocycles. The number of carbonyl (C=O) groups excluding carboxylic acids is 1. The van der Waals surface area contributed by atoms with E-state index in [9.17, 15) is 18.0 Å².